The molecule has 0 spiro atoms. The molecule has 122 valence electrons. The number of urea groups is 1. The highest BCUT2D eigenvalue weighted by Crippen LogP contribution is 2.28. The lowest BCUT2D eigenvalue weighted by molar-refractivity contribution is -0.145. The maximum atomic E-state index is 12.1. The molecule has 1 unspecified atom stereocenters. The van der Waals surface area contributed by atoms with Crippen LogP contribution in [0.4, 0.5) is 4.79 Å². The van der Waals surface area contributed by atoms with Gasteiger partial charge in [-0.15, -0.1) is 0 Å². The first-order valence-corrected chi connectivity index (χ1v) is 7.98. The minimum atomic E-state index is -1.09. The molecule has 1 aliphatic carbocycles. The van der Waals surface area contributed by atoms with Crippen LogP contribution in [-0.2, 0) is 4.79 Å². The van der Waals surface area contributed by atoms with Gasteiger partial charge in [0, 0.05) is 12.6 Å². The van der Waals surface area contributed by atoms with Crippen LogP contribution in [0, 0.1) is 0 Å². The first kappa shape index (κ1) is 17.8. The van der Waals surface area contributed by atoms with E-state index in [9.17, 15) is 14.7 Å². The summed E-state index contributed by atoms with van der Waals surface area (Å²) in [6.07, 6.45) is 3.76. The van der Waals surface area contributed by atoms with E-state index in [4.69, 9.17) is 0 Å². The molecule has 0 aromatic heterocycles. The van der Waals surface area contributed by atoms with Crippen molar-refractivity contribution in [3.05, 3.63) is 0 Å². The smallest absolute Gasteiger partial charge is 0.329 e. The van der Waals surface area contributed by atoms with Crippen molar-refractivity contribution in [3.8, 4) is 0 Å². The SMILES string of the molecule is CCN(CC)CC(C)NC(=O)NC1(C(=O)O)CCCCC1. The fourth-order valence-corrected chi connectivity index (χ4v) is 2.94. The predicted octanol–water partition coefficient (Wildman–Crippen LogP) is 1.80. The van der Waals surface area contributed by atoms with Crippen LogP contribution in [0.25, 0.3) is 0 Å². The zero-order chi connectivity index (χ0) is 15.9. The van der Waals surface area contributed by atoms with Crippen molar-refractivity contribution in [1.29, 1.82) is 0 Å². The van der Waals surface area contributed by atoms with Crippen molar-refractivity contribution in [1.82, 2.24) is 15.5 Å². The quantitative estimate of drug-likeness (QED) is 0.669. The number of aliphatic carboxylic acids is 1. The van der Waals surface area contributed by atoms with E-state index in [1.807, 2.05) is 6.92 Å². The van der Waals surface area contributed by atoms with Crippen LogP contribution in [0.3, 0.4) is 0 Å². The molecule has 1 aliphatic rings. The predicted molar refractivity (Wildman–Crippen MR) is 82.4 cm³/mol. The van der Waals surface area contributed by atoms with Gasteiger partial charge in [-0.3, -0.25) is 0 Å². The normalized spacial score (nSPS) is 19.0. The van der Waals surface area contributed by atoms with Gasteiger partial charge in [-0.25, -0.2) is 9.59 Å². The molecule has 0 aliphatic heterocycles. The number of hydrogen-bond donors (Lipinski definition) is 3. The average Bonchev–Trinajstić information content (AvgIpc) is 2.45. The first-order valence-electron chi connectivity index (χ1n) is 7.98. The molecule has 1 saturated carbocycles. The molecule has 1 fully saturated rings. The summed E-state index contributed by atoms with van der Waals surface area (Å²) in [6, 6.07) is -0.390. The van der Waals surface area contributed by atoms with Crippen molar-refractivity contribution in [3.63, 3.8) is 0 Å². The molecule has 3 N–H and O–H groups in total. The number of carbonyl (C=O) groups is 2. The molecular formula is C15H29N3O3. The lowest BCUT2D eigenvalue weighted by atomic mass is 9.82. The number of likely N-dealkylation sites (N-methyl/N-ethyl adjacent to an activating group) is 1. The third-order valence-electron chi connectivity index (χ3n) is 4.27. The van der Waals surface area contributed by atoms with E-state index in [2.05, 4.69) is 29.4 Å². The lowest BCUT2D eigenvalue weighted by Crippen LogP contribution is -2.59. The zero-order valence-electron chi connectivity index (χ0n) is 13.4. The summed E-state index contributed by atoms with van der Waals surface area (Å²) in [5.74, 6) is -0.922. The molecule has 0 heterocycles. The van der Waals surface area contributed by atoms with Crippen LogP contribution in [0.5, 0.6) is 0 Å². The Morgan fingerprint density at radius 3 is 2.24 bits per heavy atom. The number of nitrogens with zero attached hydrogens (tertiary/aromatic N) is 1. The van der Waals surface area contributed by atoms with Gasteiger partial charge < -0.3 is 20.6 Å². The molecule has 1 atom stereocenters. The molecule has 6 heteroatoms. The first-order chi connectivity index (χ1) is 9.93. The van der Waals surface area contributed by atoms with Crippen molar-refractivity contribution in [2.24, 2.45) is 0 Å². The molecule has 0 saturated heterocycles. The summed E-state index contributed by atoms with van der Waals surface area (Å²) in [6.45, 7) is 8.73. The van der Waals surface area contributed by atoms with E-state index in [1.165, 1.54) is 0 Å². The largest absolute Gasteiger partial charge is 0.480 e. The van der Waals surface area contributed by atoms with E-state index in [0.717, 1.165) is 38.9 Å². The van der Waals surface area contributed by atoms with Crippen LogP contribution in [0.2, 0.25) is 0 Å². The highest BCUT2D eigenvalue weighted by Gasteiger charge is 2.41. The van der Waals surface area contributed by atoms with Crippen LogP contribution >= 0.6 is 0 Å². The molecule has 0 aromatic carbocycles. The van der Waals surface area contributed by atoms with E-state index in [0.29, 0.717) is 12.8 Å². The van der Waals surface area contributed by atoms with Gasteiger partial charge in [0.15, 0.2) is 0 Å². The topological polar surface area (TPSA) is 81.7 Å². The van der Waals surface area contributed by atoms with Crippen molar-refractivity contribution < 1.29 is 14.7 Å². The Morgan fingerprint density at radius 1 is 1.19 bits per heavy atom. The fraction of sp³-hybridized carbons (Fsp3) is 0.867. The number of carboxylic acids is 1. The van der Waals surface area contributed by atoms with E-state index in [-0.39, 0.29) is 12.1 Å². The van der Waals surface area contributed by atoms with Gasteiger partial charge in [-0.1, -0.05) is 33.1 Å². The van der Waals surface area contributed by atoms with Crippen molar-refractivity contribution in [2.75, 3.05) is 19.6 Å². The summed E-state index contributed by atoms with van der Waals surface area (Å²) in [4.78, 5) is 25.8. The van der Waals surface area contributed by atoms with Crippen LogP contribution in [0.1, 0.15) is 52.9 Å². The third kappa shape index (κ3) is 5.19. The van der Waals surface area contributed by atoms with E-state index < -0.39 is 11.5 Å². The molecule has 6 nitrogen and oxygen atoms in total. The summed E-state index contributed by atoms with van der Waals surface area (Å²) in [7, 11) is 0. The van der Waals surface area contributed by atoms with Gasteiger partial charge in [0.25, 0.3) is 0 Å². The van der Waals surface area contributed by atoms with Crippen LogP contribution in [0.15, 0.2) is 0 Å². The van der Waals surface area contributed by atoms with E-state index in [1.54, 1.807) is 0 Å². The Bertz CT molecular complexity index is 350. The second kappa shape index (κ2) is 8.22. The summed E-state index contributed by atoms with van der Waals surface area (Å²) in [5.41, 5.74) is -1.09. The number of carbonyl (C=O) groups excluding carboxylic acids is 1. The lowest BCUT2D eigenvalue weighted by Gasteiger charge is -2.34. The van der Waals surface area contributed by atoms with Gasteiger partial charge in [0.2, 0.25) is 0 Å². The molecule has 1 rings (SSSR count). The van der Waals surface area contributed by atoms with Gasteiger partial charge in [0.1, 0.15) is 5.54 Å². The zero-order valence-corrected chi connectivity index (χ0v) is 13.4. The second-order valence-electron chi connectivity index (χ2n) is 5.93. The minimum absolute atomic E-state index is 0.0145. The fourth-order valence-electron chi connectivity index (χ4n) is 2.94. The summed E-state index contributed by atoms with van der Waals surface area (Å²) >= 11 is 0. The highest BCUT2D eigenvalue weighted by molar-refractivity contribution is 5.86. The Morgan fingerprint density at radius 2 is 1.76 bits per heavy atom. The number of rotatable bonds is 7. The monoisotopic (exact) mass is 299 g/mol. The molecule has 2 amide bonds. The van der Waals surface area contributed by atoms with Gasteiger partial charge in [0.05, 0.1) is 0 Å². The summed E-state index contributed by atoms with van der Waals surface area (Å²) in [5, 5.41) is 15.0. The number of nitrogens with one attached hydrogen (secondary N) is 2. The number of carboxylic acid groups (broad SMARTS) is 1. The summed E-state index contributed by atoms with van der Waals surface area (Å²) < 4.78 is 0. The van der Waals surface area contributed by atoms with Gasteiger partial charge in [-0.05, 0) is 32.9 Å². The Labute approximate surface area is 127 Å². The van der Waals surface area contributed by atoms with Crippen molar-refractivity contribution >= 4 is 12.0 Å². The molecule has 0 aromatic rings. The Kier molecular flexibility index (Phi) is 6.95. The minimum Gasteiger partial charge on any atom is -0.480 e. The average molecular weight is 299 g/mol. The standard InChI is InChI=1S/C15H29N3O3/c1-4-18(5-2)11-12(3)16-14(21)17-15(13(19)20)9-7-6-8-10-15/h12H,4-11H2,1-3H3,(H,19,20)(H2,16,17,21). The Balaban J connectivity index is 2.52. The maximum Gasteiger partial charge on any atom is 0.329 e. The van der Waals surface area contributed by atoms with E-state index >= 15 is 0 Å². The maximum absolute atomic E-state index is 12.1. The highest BCUT2D eigenvalue weighted by atomic mass is 16.4. The van der Waals surface area contributed by atoms with Crippen LogP contribution in [-0.4, -0.2) is 53.2 Å². The van der Waals surface area contributed by atoms with Crippen molar-refractivity contribution in [2.45, 2.75) is 64.5 Å². The van der Waals surface area contributed by atoms with Gasteiger partial charge in [-0.2, -0.15) is 0 Å². The molecular weight excluding hydrogens is 270 g/mol. The molecule has 0 radical (unpaired) electrons. The third-order valence-corrected chi connectivity index (χ3v) is 4.27. The second-order valence-corrected chi connectivity index (χ2v) is 5.93. The number of hydrogen-bond acceptors (Lipinski definition) is 3. The van der Waals surface area contributed by atoms with Crippen LogP contribution < -0.4 is 10.6 Å². The molecule has 21 heavy (non-hydrogen) atoms. The number of amides is 2. The van der Waals surface area contributed by atoms with Gasteiger partial charge >= 0.3 is 12.0 Å². The Hall–Kier alpha value is -1.30. The molecule has 0 bridgehead atoms.